The second kappa shape index (κ2) is 4.80. The van der Waals surface area contributed by atoms with E-state index in [1.807, 2.05) is 0 Å². The molecule has 0 atom stereocenters. The van der Waals surface area contributed by atoms with Gasteiger partial charge in [0, 0.05) is 6.07 Å². The highest BCUT2D eigenvalue weighted by molar-refractivity contribution is 5.35. The Balaban J connectivity index is 2.21. The number of aromatic nitrogens is 2. The smallest absolute Gasteiger partial charge is 0.261 e. The van der Waals surface area contributed by atoms with Crippen LogP contribution in [0.2, 0.25) is 0 Å². The maximum Gasteiger partial charge on any atom is 0.307 e. The van der Waals surface area contributed by atoms with Gasteiger partial charge in [-0.2, -0.15) is 9.49 Å². The molecule has 0 aliphatic rings. The van der Waals surface area contributed by atoms with E-state index in [2.05, 4.69) is 5.10 Å². The predicted octanol–water partition coefficient (Wildman–Crippen LogP) is 1.89. The van der Waals surface area contributed by atoms with E-state index in [-0.39, 0.29) is 12.2 Å². The van der Waals surface area contributed by atoms with Crippen molar-refractivity contribution in [2.45, 2.75) is 6.54 Å². The molecule has 0 aliphatic heterocycles. The molecule has 0 bridgehead atoms. The van der Waals surface area contributed by atoms with Gasteiger partial charge in [0.05, 0.1) is 16.4 Å². The highest BCUT2D eigenvalue weighted by Gasteiger charge is 2.14. The minimum absolute atomic E-state index is 0.0861. The number of rotatable bonds is 4. The zero-order valence-electron chi connectivity index (χ0n) is 9.39. The van der Waals surface area contributed by atoms with Gasteiger partial charge in [0.2, 0.25) is 5.82 Å². The lowest BCUT2D eigenvalue weighted by molar-refractivity contribution is -0.387. The normalized spacial score (nSPS) is 10.4. The van der Waals surface area contributed by atoms with Gasteiger partial charge < -0.3 is 0 Å². The molecule has 0 unspecified atom stereocenters. The highest BCUT2D eigenvalue weighted by Crippen LogP contribution is 2.19. The van der Waals surface area contributed by atoms with E-state index in [0.29, 0.717) is 5.56 Å². The minimum atomic E-state index is -0.954. The second-order valence-electron chi connectivity index (χ2n) is 3.70. The summed E-state index contributed by atoms with van der Waals surface area (Å²) in [6, 6.07) is 3.42. The van der Waals surface area contributed by atoms with Gasteiger partial charge in [-0.05, 0) is 11.6 Å². The first-order valence-electron chi connectivity index (χ1n) is 5.07. The summed E-state index contributed by atoms with van der Waals surface area (Å²) in [7, 11) is 0. The molecule has 1 aromatic carbocycles. The summed E-state index contributed by atoms with van der Waals surface area (Å²) in [5.74, 6) is -0.954. The molecule has 9 heteroatoms. The molecule has 0 spiro atoms. The van der Waals surface area contributed by atoms with Crippen LogP contribution in [0.25, 0.3) is 0 Å². The first-order valence-corrected chi connectivity index (χ1v) is 5.07. The Morgan fingerprint density at radius 3 is 2.53 bits per heavy atom. The molecular formula is C10H7FN4O4. The number of halogens is 1. The first-order chi connectivity index (χ1) is 8.97. The fourth-order valence-corrected chi connectivity index (χ4v) is 1.52. The SMILES string of the molecule is O=[N+]([O-])c1cnn(Cc2ccc([N+](=O)[O-])c(F)c2)c1. The summed E-state index contributed by atoms with van der Waals surface area (Å²) >= 11 is 0. The molecule has 0 saturated heterocycles. The molecule has 1 heterocycles. The first kappa shape index (κ1) is 12.6. The number of nitrogens with zero attached hydrogens (tertiary/aromatic N) is 4. The largest absolute Gasteiger partial charge is 0.307 e. The maximum atomic E-state index is 13.4. The van der Waals surface area contributed by atoms with Crippen molar-refractivity contribution >= 4 is 11.4 Å². The second-order valence-corrected chi connectivity index (χ2v) is 3.70. The summed E-state index contributed by atoms with van der Waals surface area (Å²) in [5, 5.41) is 24.6. The summed E-state index contributed by atoms with van der Waals surface area (Å²) in [6.45, 7) is 0.0861. The molecule has 0 fully saturated rings. The van der Waals surface area contributed by atoms with Crippen molar-refractivity contribution in [1.29, 1.82) is 0 Å². The molecule has 98 valence electrons. The lowest BCUT2D eigenvalue weighted by Crippen LogP contribution is -2.01. The summed E-state index contributed by atoms with van der Waals surface area (Å²) in [6.07, 6.45) is 2.26. The number of hydrogen-bond donors (Lipinski definition) is 0. The van der Waals surface area contributed by atoms with Crippen LogP contribution in [0.4, 0.5) is 15.8 Å². The van der Waals surface area contributed by atoms with E-state index in [9.17, 15) is 24.6 Å². The molecule has 0 aliphatic carbocycles. The zero-order chi connectivity index (χ0) is 14.0. The van der Waals surface area contributed by atoms with E-state index in [1.54, 1.807) is 0 Å². The average molecular weight is 266 g/mol. The van der Waals surface area contributed by atoms with Crippen molar-refractivity contribution in [3.8, 4) is 0 Å². The van der Waals surface area contributed by atoms with Crippen molar-refractivity contribution in [2.24, 2.45) is 0 Å². The van der Waals surface area contributed by atoms with Crippen molar-refractivity contribution < 1.29 is 14.2 Å². The van der Waals surface area contributed by atoms with Crippen LogP contribution in [-0.2, 0) is 6.54 Å². The van der Waals surface area contributed by atoms with Crippen LogP contribution < -0.4 is 0 Å². The third-order valence-corrected chi connectivity index (χ3v) is 2.38. The van der Waals surface area contributed by atoms with Crippen LogP contribution in [0.3, 0.4) is 0 Å². The Bertz CT molecular complexity index is 655. The Morgan fingerprint density at radius 1 is 1.26 bits per heavy atom. The Morgan fingerprint density at radius 2 is 2.00 bits per heavy atom. The topological polar surface area (TPSA) is 104 Å². The summed E-state index contributed by atoms with van der Waals surface area (Å²) in [5.41, 5.74) is -0.376. The van der Waals surface area contributed by atoms with E-state index < -0.39 is 21.4 Å². The molecule has 0 N–H and O–H groups in total. The molecular weight excluding hydrogens is 259 g/mol. The standard InChI is InChI=1S/C10H7FN4O4/c11-9-3-7(1-2-10(9)15(18)19)5-13-6-8(4-12-13)14(16)17/h1-4,6H,5H2. The van der Waals surface area contributed by atoms with Gasteiger partial charge in [0.1, 0.15) is 12.4 Å². The zero-order valence-corrected chi connectivity index (χ0v) is 9.39. The van der Waals surface area contributed by atoms with Gasteiger partial charge >= 0.3 is 11.4 Å². The van der Waals surface area contributed by atoms with Gasteiger partial charge in [-0.1, -0.05) is 6.07 Å². The lowest BCUT2D eigenvalue weighted by atomic mass is 10.2. The Hall–Kier alpha value is -2.84. The molecule has 0 saturated carbocycles. The van der Waals surface area contributed by atoms with Gasteiger partial charge in [-0.15, -0.1) is 0 Å². The van der Waals surface area contributed by atoms with Crippen molar-refractivity contribution in [1.82, 2.24) is 9.78 Å². The molecule has 2 rings (SSSR count). The molecule has 0 amide bonds. The molecule has 2 aromatic rings. The van der Waals surface area contributed by atoms with Crippen LogP contribution in [0.15, 0.2) is 30.6 Å². The van der Waals surface area contributed by atoms with E-state index in [0.717, 1.165) is 18.3 Å². The number of hydrogen-bond acceptors (Lipinski definition) is 5. The van der Waals surface area contributed by atoms with Gasteiger partial charge in [0.15, 0.2) is 0 Å². The molecule has 1 aromatic heterocycles. The Labute approximate surface area is 105 Å². The summed E-state index contributed by atoms with van der Waals surface area (Å²) < 4.78 is 14.6. The molecule has 0 radical (unpaired) electrons. The fraction of sp³-hybridized carbons (Fsp3) is 0.100. The quantitative estimate of drug-likeness (QED) is 0.620. The summed E-state index contributed by atoms with van der Waals surface area (Å²) in [4.78, 5) is 19.5. The fourth-order valence-electron chi connectivity index (χ4n) is 1.52. The minimum Gasteiger partial charge on any atom is -0.261 e. The lowest BCUT2D eigenvalue weighted by Gasteiger charge is -2.01. The van der Waals surface area contributed by atoms with Crippen LogP contribution >= 0.6 is 0 Å². The maximum absolute atomic E-state index is 13.4. The van der Waals surface area contributed by atoms with Crippen molar-refractivity contribution in [3.63, 3.8) is 0 Å². The predicted molar refractivity (Wildman–Crippen MR) is 61.0 cm³/mol. The van der Waals surface area contributed by atoms with Crippen molar-refractivity contribution in [2.75, 3.05) is 0 Å². The van der Waals surface area contributed by atoms with Gasteiger partial charge in [-0.25, -0.2) is 0 Å². The van der Waals surface area contributed by atoms with Crippen LogP contribution in [0.5, 0.6) is 0 Å². The van der Waals surface area contributed by atoms with E-state index in [4.69, 9.17) is 0 Å². The number of benzene rings is 1. The molecule has 19 heavy (non-hydrogen) atoms. The third-order valence-electron chi connectivity index (χ3n) is 2.38. The van der Waals surface area contributed by atoms with Crippen molar-refractivity contribution in [3.05, 3.63) is 62.2 Å². The van der Waals surface area contributed by atoms with Crippen LogP contribution in [0, 0.1) is 26.0 Å². The number of nitro groups is 2. The number of nitro benzene ring substituents is 1. The average Bonchev–Trinajstić information content (AvgIpc) is 2.77. The van der Waals surface area contributed by atoms with E-state index >= 15 is 0 Å². The van der Waals surface area contributed by atoms with Crippen LogP contribution in [0.1, 0.15) is 5.56 Å². The monoisotopic (exact) mass is 266 g/mol. The highest BCUT2D eigenvalue weighted by atomic mass is 19.1. The van der Waals surface area contributed by atoms with E-state index in [1.165, 1.54) is 16.9 Å². The van der Waals surface area contributed by atoms with Gasteiger partial charge in [-0.3, -0.25) is 24.9 Å². The van der Waals surface area contributed by atoms with Gasteiger partial charge in [0.25, 0.3) is 0 Å². The van der Waals surface area contributed by atoms with Crippen LogP contribution in [-0.4, -0.2) is 19.6 Å². The Kier molecular flexibility index (Phi) is 3.19. The molecule has 8 nitrogen and oxygen atoms in total. The third kappa shape index (κ3) is 2.70.